The summed E-state index contributed by atoms with van der Waals surface area (Å²) in [6.07, 6.45) is -3.98. The SMILES string of the molecule is CC(/C=C1\C(=O)NC(=S)N(c2ccc(Oc3ccccc3)cc2)C1=O)C(F)(F)F. The highest BCUT2D eigenvalue weighted by atomic mass is 32.1. The van der Waals surface area contributed by atoms with Crippen molar-refractivity contribution in [2.24, 2.45) is 5.92 Å². The van der Waals surface area contributed by atoms with Crippen molar-refractivity contribution in [2.45, 2.75) is 13.1 Å². The summed E-state index contributed by atoms with van der Waals surface area (Å²) in [5, 5.41) is 2.04. The molecule has 9 heteroatoms. The number of benzene rings is 2. The number of hydrogen-bond acceptors (Lipinski definition) is 4. The van der Waals surface area contributed by atoms with E-state index in [0.717, 1.165) is 11.8 Å². The first-order chi connectivity index (χ1) is 13.7. The van der Waals surface area contributed by atoms with Gasteiger partial charge in [0, 0.05) is 0 Å². The molecule has 1 atom stereocenters. The van der Waals surface area contributed by atoms with Crippen LogP contribution in [0.15, 0.2) is 66.2 Å². The summed E-state index contributed by atoms with van der Waals surface area (Å²) in [5.41, 5.74) is -0.334. The van der Waals surface area contributed by atoms with E-state index in [-0.39, 0.29) is 10.8 Å². The summed E-state index contributed by atoms with van der Waals surface area (Å²) in [7, 11) is 0. The number of anilines is 1. The summed E-state index contributed by atoms with van der Waals surface area (Å²) >= 11 is 5.03. The molecule has 0 saturated carbocycles. The molecule has 5 nitrogen and oxygen atoms in total. The summed E-state index contributed by atoms with van der Waals surface area (Å²) < 4.78 is 44.2. The van der Waals surface area contributed by atoms with Crippen LogP contribution in [0.5, 0.6) is 11.5 Å². The zero-order chi connectivity index (χ0) is 21.2. The predicted octanol–water partition coefficient (Wildman–Crippen LogP) is 4.35. The van der Waals surface area contributed by atoms with Crippen LogP contribution in [0.25, 0.3) is 0 Å². The van der Waals surface area contributed by atoms with Crippen molar-refractivity contribution in [3.05, 3.63) is 66.2 Å². The van der Waals surface area contributed by atoms with Crippen molar-refractivity contribution in [1.29, 1.82) is 0 Å². The number of thiocarbonyl (C=S) groups is 1. The summed E-state index contributed by atoms with van der Waals surface area (Å²) in [5.74, 6) is -2.76. The predicted molar refractivity (Wildman–Crippen MR) is 104 cm³/mol. The van der Waals surface area contributed by atoms with Crippen LogP contribution in [-0.4, -0.2) is 23.1 Å². The lowest BCUT2D eigenvalue weighted by atomic mass is 10.0. The second-order valence-corrected chi connectivity index (χ2v) is 6.61. The number of alkyl halides is 3. The largest absolute Gasteiger partial charge is 0.457 e. The second kappa shape index (κ2) is 8.04. The number of allylic oxidation sites excluding steroid dienone is 1. The molecule has 1 saturated heterocycles. The second-order valence-electron chi connectivity index (χ2n) is 6.22. The number of para-hydroxylation sites is 1. The fraction of sp³-hybridized carbons (Fsp3) is 0.150. The number of amides is 2. The van der Waals surface area contributed by atoms with Gasteiger partial charge in [0.1, 0.15) is 17.1 Å². The lowest BCUT2D eigenvalue weighted by molar-refractivity contribution is -0.156. The maximum absolute atomic E-state index is 12.8. The summed E-state index contributed by atoms with van der Waals surface area (Å²) in [4.78, 5) is 25.7. The van der Waals surface area contributed by atoms with Gasteiger partial charge in [-0.05, 0) is 48.6 Å². The summed E-state index contributed by atoms with van der Waals surface area (Å²) in [6, 6.07) is 15.2. The number of ether oxygens (including phenoxy) is 1. The van der Waals surface area contributed by atoms with E-state index in [1.807, 2.05) is 18.2 Å². The molecule has 1 N–H and O–H groups in total. The number of nitrogens with zero attached hydrogens (tertiary/aromatic N) is 1. The Balaban J connectivity index is 1.85. The Bertz CT molecular complexity index is 973. The van der Waals surface area contributed by atoms with Gasteiger partial charge in [0.05, 0.1) is 11.6 Å². The average Bonchev–Trinajstić information content (AvgIpc) is 2.66. The van der Waals surface area contributed by atoms with Gasteiger partial charge < -0.3 is 4.74 Å². The zero-order valence-electron chi connectivity index (χ0n) is 15.1. The monoisotopic (exact) mass is 420 g/mol. The average molecular weight is 420 g/mol. The van der Waals surface area contributed by atoms with E-state index in [4.69, 9.17) is 17.0 Å². The van der Waals surface area contributed by atoms with Gasteiger partial charge in [-0.1, -0.05) is 31.2 Å². The van der Waals surface area contributed by atoms with Gasteiger partial charge in [-0.2, -0.15) is 13.2 Å². The molecule has 1 fully saturated rings. The van der Waals surface area contributed by atoms with Gasteiger partial charge in [0.25, 0.3) is 11.8 Å². The Morgan fingerprint density at radius 3 is 2.21 bits per heavy atom. The number of carbonyl (C=O) groups is 2. The van der Waals surface area contributed by atoms with E-state index >= 15 is 0 Å². The fourth-order valence-electron chi connectivity index (χ4n) is 2.54. The molecule has 1 aliphatic rings. The van der Waals surface area contributed by atoms with Crippen LogP contribution in [0.4, 0.5) is 18.9 Å². The fourth-order valence-corrected chi connectivity index (χ4v) is 2.83. The Morgan fingerprint density at radius 2 is 1.62 bits per heavy atom. The van der Waals surface area contributed by atoms with Crippen molar-refractivity contribution in [3.63, 3.8) is 0 Å². The quantitative estimate of drug-likeness (QED) is 0.454. The number of carbonyl (C=O) groups excluding carboxylic acids is 2. The molecule has 0 radical (unpaired) electrons. The molecule has 0 bridgehead atoms. The van der Waals surface area contributed by atoms with Gasteiger partial charge in [-0.25, -0.2) is 0 Å². The molecule has 0 spiro atoms. The van der Waals surface area contributed by atoms with E-state index in [9.17, 15) is 22.8 Å². The van der Waals surface area contributed by atoms with E-state index in [0.29, 0.717) is 17.6 Å². The minimum atomic E-state index is -4.58. The van der Waals surface area contributed by atoms with Gasteiger partial charge >= 0.3 is 6.18 Å². The third-order valence-electron chi connectivity index (χ3n) is 4.11. The van der Waals surface area contributed by atoms with Crippen LogP contribution in [0.3, 0.4) is 0 Å². The Morgan fingerprint density at radius 1 is 1.03 bits per heavy atom. The minimum Gasteiger partial charge on any atom is -0.457 e. The highest BCUT2D eigenvalue weighted by Gasteiger charge is 2.39. The number of nitrogens with one attached hydrogen (secondary N) is 1. The first-order valence-electron chi connectivity index (χ1n) is 8.48. The summed E-state index contributed by atoms with van der Waals surface area (Å²) in [6.45, 7) is 0.862. The Hall–Kier alpha value is -3.20. The molecule has 1 unspecified atom stereocenters. The first-order valence-corrected chi connectivity index (χ1v) is 8.89. The molecule has 150 valence electrons. The highest BCUT2D eigenvalue weighted by Crippen LogP contribution is 2.30. The number of halogens is 3. The normalized spacial score (nSPS) is 17.3. The van der Waals surface area contributed by atoms with Crippen LogP contribution >= 0.6 is 12.2 Å². The van der Waals surface area contributed by atoms with Crippen molar-refractivity contribution in [1.82, 2.24) is 5.32 Å². The topological polar surface area (TPSA) is 58.6 Å². The van der Waals surface area contributed by atoms with Crippen molar-refractivity contribution >= 4 is 34.8 Å². The van der Waals surface area contributed by atoms with Crippen molar-refractivity contribution in [3.8, 4) is 11.5 Å². The number of rotatable bonds is 4. The molecule has 1 aliphatic heterocycles. The maximum Gasteiger partial charge on any atom is 0.394 e. The zero-order valence-corrected chi connectivity index (χ0v) is 15.9. The van der Waals surface area contributed by atoms with Gasteiger partial charge in [0.2, 0.25) is 0 Å². The molecule has 29 heavy (non-hydrogen) atoms. The minimum absolute atomic E-state index is 0.214. The van der Waals surface area contributed by atoms with Crippen LogP contribution in [0.1, 0.15) is 6.92 Å². The van der Waals surface area contributed by atoms with Crippen molar-refractivity contribution in [2.75, 3.05) is 4.90 Å². The van der Waals surface area contributed by atoms with Crippen LogP contribution in [-0.2, 0) is 9.59 Å². The standard InChI is InChI=1S/C20H15F3N2O3S/c1-12(20(21,22)23)11-16-17(26)24-19(29)25(18(16)27)13-7-9-15(10-8-13)28-14-5-3-2-4-6-14/h2-12H,1H3,(H,24,26,29)/b16-11+. The molecule has 0 aliphatic carbocycles. The smallest absolute Gasteiger partial charge is 0.394 e. The molecule has 2 aromatic carbocycles. The van der Waals surface area contributed by atoms with Gasteiger partial charge in [0.15, 0.2) is 5.11 Å². The molecular weight excluding hydrogens is 405 g/mol. The highest BCUT2D eigenvalue weighted by molar-refractivity contribution is 7.80. The van der Waals surface area contributed by atoms with E-state index < -0.39 is 29.5 Å². The molecule has 2 aromatic rings. The van der Waals surface area contributed by atoms with E-state index in [2.05, 4.69) is 5.32 Å². The molecule has 2 amide bonds. The van der Waals surface area contributed by atoms with Crippen LogP contribution < -0.4 is 15.0 Å². The van der Waals surface area contributed by atoms with Crippen LogP contribution in [0.2, 0.25) is 0 Å². The third-order valence-corrected chi connectivity index (χ3v) is 4.39. The van der Waals surface area contributed by atoms with Crippen LogP contribution in [0, 0.1) is 5.92 Å². The van der Waals surface area contributed by atoms with E-state index in [1.165, 1.54) is 12.1 Å². The Kier molecular flexibility index (Phi) is 5.69. The maximum atomic E-state index is 12.8. The molecule has 1 heterocycles. The molecule has 0 aromatic heterocycles. The first kappa shape index (κ1) is 20.5. The Labute approximate surface area is 169 Å². The van der Waals surface area contributed by atoms with E-state index in [1.54, 1.807) is 24.3 Å². The third kappa shape index (κ3) is 4.62. The molecule has 3 rings (SSSR count). The molecular formula is C20H15F3N2O3S. The lowest BCUT2D eigenvalue weighted by Gasteiger charge is -2.29. The van der Waals surface area contributed by atoms with Gasteiger partial charge in [-0.3, -0.25) is 19.8 Å². The van der Waals surface area contributed by atoms with Gasteiger partial charge in [-0.15, -0.1) is 0 Å². The lowest BCUT2D eigenvalue weighted by Crippen LogP contribution is -2.54. The van der Waals surface area contributed by atoms with Crippen molar-refractivity contribution < 1.29 is 27.5 Å². The number of hydrogen-bond donors (Lipinski definition) is 1.